The van der Waals surface area contributed by atoms with Crippen LogP contribution in [-0.4, -0.2) is 42.3 Å². The van der Waals surface area contributed by atoms with Crippen molar-refractivity contribution < 1.29 is 9.13 Å². The summed E-state index contributed by atoms with van der Waals surface area (Å²) >= 11 is 1.27. The summed E-state index contributed by atoms with van der Waals surface area (Å²) in [5.74, 6) is -0.490. The fourth-order valence-corrected chi connectivity index (χ4v) is 4.00. The molecule has 0 aliphatic carbocycles. The van der Waals surface area contributed by atoms with Crippen LogP contribution in [0.2, 0.25) is 0 Å². The smallest absolute Gasteiger partial charge is 0.276 e. The zero-order chi connectivity index (χ0) is 19.7. The largest absolute Gasteiger partial charge is 0.380 e. The van der Waals surface area contributed by atoms with Crippen molar-refractivity contribution in [2.24, 2.45) is 0 Å². The van der Waals surface area contributed by atoms with Crippen LogP contribution in [0.4, 0.5) is 10.1 Å². The van der Waals surface area contributed by atoms with E-state index in [9.17, 15) is 9.18 Å². The van der Waals surface area contributed by atoms with Crippen LogP contribution in [0, 0.1) is 0 Å². The van der Waals surface area contributed by atoms with Crippen LogP contribution in [0.1, 0.15) is 13.8 Å². The first-order valence-corrected chi connectivity index (χ1v) is 9.19. The molecule has 0 saturated carbocycles. The predicted molar refractivity (Wildman–Crippen MR) is 109 cm³/mol. The van der Waals surface area contributed by atoms with E-state index in [1.807, 2.05) is 25.1 Å². The number of aromatic nitrogens is 3. The fourth-order valence-electron chi connectivity index (χ4n) is 2.95. The molecule has 8 heteroatoms. The van der Waals surface area contributed by atoms with Crippen LogP contribution in [-0.2, 0) is 4.74 Å². The number of hydrogen-bond acceptors (Lipinski definition) is 6. The number of thiophene rings is 1. The summed E-state index contributed by atoms with van der Waals surface area (Å²) < 4.78 is 21.5. The molecule has 0 N–H and O–H groups in total. The van der Waals surface area contributed by atoms with Crippen LogP contribution < -0.4 is 10.5 Å². The van der Waals surface area contributed by atoms with Gasteiger partial charge in [-0.05, 0) is 25.5 Å². The maximum Gasteiger partial charge on any atom is 0.276 e. The van der Waals surface area contributed by atoms with Gasteiger partial charge in [0.1, 0.15) is 21.7 Å². The number of methoxy groups -OCH3 is 1. The standard InChI is InChI=1S/C19H21FN4O2S/c1-6-12(15(20)11(2)9-26-5)24-10-22-16-14-13(23(3)4)7-8-21-18(14)27-17(16)19(24)25/h6-8,10H,9H2,1-5H3/b12-6+,15-11-. The second kappa shape index (κ2) is 7.58. The average Bonchev–Trinajstić information content (AvgIpc) is 3.03. The maximum absolute atomic E-state index is 14.8. The lowest BCUT2D eigenvalue weighted by Gasteiger charge is -2.13. The lowest BCUT2D eigenvalue weighted by Crippen LogP contribution is -2.20. The van der Waals surface area contributed by atoms with Gasteiger partial charge in [-0.2, -0.15) is 0 Å². The number of anilines is 1. The van der Waals surface area contributed by atoms with Crippen molar-refractivity contribution in [1.82, 2.24) is 14.5 Å². The van der Waals surface area contributed by atoms with Crippen molar-refractivity contribution in [2.75, 3.05) is 32.7 Å². The molecule has 6 nitrogen and oxygen atoms in total. The van der Waals surface area contributed by atoms with Gasteiger partial charge in [-0.15, -0.1) is 11.3 Å². The Labute approximate surface area is 160 Å². The first-order valence-electron chi connectivity index (χ1n) is 8.38. The molecule has 3 heterocycles. The molecule has 3 aromatic rings. The van der Waals surface area contributed by atoms with E-state index < -0.39 is 5.83 Å². The molecular weight excluding hydrogens is 367 g/mol. The third-order valence-electron chi connectivity index (χ3n) is 4.24. The Kier molecular flexibility index (Phi) is 5.38. The molecular formula is C19H21FN4O2S. The van der Waals surface area contributed by atoms with Crippen molar-refractivity contribution in [2.45, 2.75) is 13.8 Å². The first kappa shape index (κ1) is 19.2. The van der Waals surface area contributed by atoms with Crippen molar-refractivity contribution in [3.8, 4) is 0 Å². The molecule has 0 aromatic carbocycles. The average molecular weight is 388 g/mol. The molecule has 0 saturated heterocycles. The summed E-state index contributed by atoms with van der Waals surface area (Å²) in [5, 5.41) is 0.834. The minimum Gasteiger partial charge on any atom is -0.380 e. The molecule has 3 aromatic heterocycles. The molecule has 0 fully saturated rings. The summed E-state index contributed by atoms with van der Waals surface area (Å²) in [5.41, 5.74) is 1.76. The quantitative estimate of drug-likeness (QED) is 0.622. The number of ether oxygens (including phenoxy) is 1. The zero-order valence-electron chi connectivity index (χ0n) is 15.9. The molecule has 0 radical (unpaired) electrons. The Morgan fingerprint density at radius 2 is 2.15 bits per heavy atom. The highest BCUT2D eigenvalue weighted by molar-refractivity contribution is 7.25. The number of pyridine rings is 1. The van der Waals surface area contributed by atoms with E-state index in [4.69, 9.17) is 4.74 Å². The van der Waals surface area contributed by atoms with Gasteiger partial charge in [-0.3, -0.25) is 9.36 Å². The van der Waals surface area contributed by atoms with E-state index in [-0.39, 0.29) is 17.9 Å². The number of rotatable bonds is 5. The monoisotopic (exact) mass is 388 g/mol. The number of halogens is 1. The zero-order valence-corrected chi connectivity index (χ0v) is 16.7. The van der Waals surface area contributed by atoms with E-state index in [0.29, 0.717) is 15.8 Å². The SMILES string of the molecule is C/C=C(\C(F)=C(/C)COC)n1cnc2c(sc3nccc(N(C)C)c32)c1=O. The maximum atomic E-state index is 14.8. The topological polar surface area (TPSA) is 60.2 Å². The van der Waals surface area contributed by atoms with Crippen molar-refractivity contribution in [3.63, 3.8) is 0 Å². The molecule has 0 bridgehead atoms. The van der Waals surface area contributed by atoms with Crippen LogP contribution >= 0.6 is 11.3 Å². The van der Waals surface area contributed by atoms with E-state index in [0.717, 1.165) is 15.9 Å². The fraction of sp³-hybridized carbons (Fsp3) is 0.316. The van der Waals surface area contributed by atoms with Gasteiger partial charge in [-0.1, -0.05) is 6.08 Å². The summed E-state index contributed by atoms with van der Waals surface area (Å²) in [4.78, 5) is 24.6. The summed E-state index contributed by atoms with van der Waals surface area (Å²) in [6.45, 7) is 3.46. The van der Waals surface area contributed by atoms with E-state index in [1.165, 1.54) is 29.3 Å². The molecule has 0 spiro atoms. The van der Waals surface area contributed by atoms with E-state index >= 15 is 0 Å². The minimum atomic E-state index is -0.490. The summed E-state index contributed by atoms with van der Waals surface area (Å²) in [6, 6.07) is 1.88. The van der Waals surface area contributed by atoms with Gasteiger partial charge < -0.3 is 9.64 Å². The van der Waals surface area contributed by atoms with Gasteiger partial charge in [-0.25, -0.2) is 14.4 Å². The lowest BCUT2D eigenvalue weighted by atomic mass is 10.2. The Bertz CT molecular complexity index is 1130. The number of hydrogen-bond donors (Lipinski definition) is 0. The second-order valence-corrected chi connectivity index (χ2v) is 7.30. The van der Waals surface area contributed by atoms with Crippen LogP contribution in [0.5, 0.6) is 0 Å². The van der Waals surface area contributed by atoms with Gasteiger partial charge in [0.25, 0.3) is 5.56 Å². The third-order valence-corrected chi connectivity index (χ3v) is 5.31. The van der Waals surface area contributed by atoms with Gasteiger partial charge in [0.05, 0.1) is 28.9 Å². The molecule has 3 rings (SSSR count). The van der Waals surface area contributed by atoms with E-state index in [2.05, 4.69) is 9.97 Å². The molecule has 27 heavy (non-hydrogen) atoms. The Hall–Kier alpha value is -2.58. The van der Waals surface area contributed by atoms with Gasteiger partial charge >= 0.3 is 0 Å². The Balaban J connectivity index is 2.28. The van der Waals surface area contributed by atoms with Crippen LogP contribution in [0.25, 0.3) is 26.1 Å². The van der Waals surface area contributed by atoms with Gasteiger partial charge in [0, 0.05) is 27.4 Å². The molecule has 0 aliphatic heterocycles. The van der Waals surface area contributed by atoms with Crippen molar-refractivity contribution in [3.05, 3.63) is 46.4 Å². The highest BCUT2D eigenvalue weighted by Crippen LogP contribution is 2.35. The summed E-state index contributed by atoms with van der Waals surface area (Å²) in [7, 11) is 5.35. The number of fused-ring (bicyclic) bond motifs is 3. The second-order valence-electron chi connectivity index (χ2n) is 6.31. The predicted octanol–water partition coefficient (Wildman–Crippen LogP) is 3.82. The van der Waals surface area contributed by atoms with Crippen molar-refractivity contribution >= 4 is 43.2 Å². The molecule has 0 aliphatic rings. The normalized spacial score (nSPS) is 13.3. The highest BCUT2D eigenvalue weighted by atomic mass is 32.1. The molecule has 142 valence electrons. The molecule has 0 amide bonds. The molecule has 0 unspecified atom stereocenters. The van der Waals surface area contributed by atoms with Crippen molar-refractivity contribution in [1.29, 1.82) is 0 Å². The van der Waals surface area contributed by atoms with Crippen LogP contribution in [0.3, 0.4) is 0 Å². The Morgan fingerprint density at radius 1 is 1.41 bits per heavy atom. The van der Waals surface area contributed by atoms with E-state index in [1.54, 1.807) is 26.1 Å². The summed E-state index contributed by atoms with van der Waals surface area (Å²) in [6.07, 6.45) is 4.64. The number of nitrogens with zero attached hydrogens (tertiary/aromatic N) is 4. The van der Waals surface area contributed by atoms with Crippen LogP contribution in [0.15, 0.2) is 40.9 Å². The van der Waals surface area contributed by atoms with Gasteiger partial charge in [0.15, 0.2) is 0 Å². The third kappa shape index (κ3) is 3.26. The molecule has 0 atom stereocenters. The first-order chi connectivity index (χ1) is 12.9. The Morgan fingerprint density at radius 3 is 2.78 bits per heavy atom. The minimum absolute atomic E-state index is 0.145. The highest BCUT2D eigenvalue weighted by Gasteiger charge is 2.19. The number of allylic oxidation sites excluding steroid dienone is 3. The lowest BCUT2D eigenvalue weighted by molar-refractivity contribution is 0.223. The van der Waals surface area contributed by atoms with Gasteiger partial charge in [0.2, 0.25) is 0 Å².